The molecule has 1 aromatic rings. The number of hydrogen-bond acceptors (Lipinski definition) is 4. The number of rotatable bonds is 5. The molecule has 0 aliphatic rings. The van der Waals surface area contributed by atoms with Crippen LogP contribution in [0.1, 0.15) is 12.5 Å². The second-order valence-electron chi connectivity index (χ2n) is 4.15. The minimum atomic E-state index is 0.125. The molecule has 0 aromatic heterocycles. The number of likely N-dealkylation sites (N-methyl/N-ethyl adjacent to an activating group) is 1. The Morgan fingerprint density at radius 3 is 2.69 bits per heavy atom. The highest BCUT2D eigenvalue weighted by Gasteiger charge is 2.10. The number of nitrogens with two attached hydrogens (primary N) is 1. The van der Waals surface area contributed by atoms with Crippen LogP contribution in [0.4, 0.5) is 5.69 Å². The maximum Gasteiger partial charge on any atom is 0.138 e. The summed E-state index contributed by atoms with van der Waals surface area (Å²) in [5.74, 6) is 0.125. The van der Waals surface area contributed by atoms with Gasteiger partial charge in [0.15, 0.2) is 0 Å². The predicted octanol–water partition coefficient (Wildman–Crippen LogP) is 0.829. The quantitative estimate of drug-likeness (QED) is 0.512. The molecule has 0 amide bonds. The van der Waals surface area contributed by atoms with Crippen molar-refractivity contribution in [3.8, 4) is 5.75 Å². The first kappa shape index (κ1) is 12.8. The van der Waals surface area contributed by atoms with E-state index >= 15 is 0 Å². The van der Waals surface area contributed by atoms with E-state index in [9.17, 15) is 5.11 Å². The van der Waals surface area contributed by atoms with Crippen molar-refractivity contribution < 1.29 is 10.2 Å². The van der Waals surface area contributed by atoms with E-state index in [1.54, 1.807) is 12.1 Å². The van der Waals surface area contributed by atoms with Crippen LogP contribution in [0.15, 0.2) is 18.2 Å². The van der Waals surface area contributed by atoms with E-state index in [2.05, 4.69) is 11.8 Å². The van der Waals surface area contributed by atoms with Crippen LogP contribution in [0.2, 0.25) is 0 Å². The van der Waals surface area contributed by atoms with Crippen molar-refractivity contribution in [3.05, 3.63) is 23.8 Å². The fraction of sp³-hybridized carbons (Fsp3) is 0.500. The predicted molar refractivity (Wildman–Crippen MR) is 65.4 cm³/mol. The van der Waals surface area contributed by atoms with Gasteiger partial charge in [-0.25, -0.2) is 0 Å². The minimum Gasteiger partial charge on any atom is -0.506 e. The molecule has 0 radical (unpaired) electrons. The normalized spacial score (nSPS) is 13.0. The Morgan fingerprint density at radius 2 is 2.12 bits per heavy atom. The van der Waals surface area contributed by atoms with E-state index in [1.807, 2.05) is 13.1 Å². The summed E-state index contributed by atoms with van der Waals surface area (Å²) in [6.07, 6.45) is 0.848. The van der Waals surface area contributed by atoms with E-state index in [0.29, 0.717) is 18.3 Å². The van der Waals surface area contributed by atoms with Gasteiger partial charge < -0.3 is 20.8 Å². The van der Waals surface area contributed by atoms with E-state index in [0.717, 1.165) is 12.0 Å². The molecule has 0 bridgehead atoms. The van der Waals surface area contributed by atoms with Gasteiger partial charge in [0.1, 0.15) is 5.75 Å². The van der Waals surface area contributed by atoms with Gasteiger partial charge in [-0.15, -0.1) is 0 Å². The van der Waals surface area contributed by atoms with Crippen LogP contribution in [-0.4, -0.2) is 41.4 Å². The van der Waals surface area contributed by atoms with Crippen LogP contribution in [0.25, 0.3) is 0 Å². The van der Waals surface area contributed by atoms with Gasteiger partial charge in [-0.05, 0) is 38.1 Å². The van der Waals surface area contributed by atoms with Crippen molar-refractivity contribution in [2.75, 3.05) is 25.9 Å². The number of benzene rings is 1. The molecule has 1 rings (SSSR count). The van der Waals surface area contributed by atoms with Crippen LogP contribution >= 0.6 is 0 Å². The third kappa shape index (κ3) is 3.40. The molecule has 4 nitrogen and oxygen atoms in total. The number of aromatic hydroxyl groups is 1. The van der Waals surface area contributed by atoms with Crippen LogP contribution in [0.3, 0.4) is 0 Å². The molecule has 1 aromatic carbocycles. The average molecular weight is 224 g/mol. The lowest BCUT2D eigenvalue weighted by molar-refractivity contribution is 0.187. The molecular weight excluding hydrogens is 204 g/mol. The SMILES string of the molecule is CC(Cc1ccc(O)c(N)c1)N(C)CCO. The fourth-order valence-corrected chi connectivity index (χ4v) is 1.61. The molecule has 0 aliphatic heterocycles. The molecule has 4 heteroatoms. The van der Waals surface area contributed by atoms with Crippen molar-refractivity contribution in [2.24, 2.45) is 0 Å². The number of phenolic OH excluding ortho intramolecular Hbond substituents is 1. The van der Waals surface area contributed by atoms with E-state index < -0.39 is 0 Å². The summed E-state index contributed by atoms with van der Waals surface area (Å²) in [4.78, 5) is 2.09. The second kappa shape index (κ2) is 5.72. The third-order valence-corrected chi connectivity index (χ3v) is 2.83. The molecule has 0 fully saturated rings. The van der Waals surface area contributed by atoms with Crippen molar-refractivity contribution in [3.63, 3.8) is 0 Å². The molecule has 0 spiro atoms. The van der Waals surface area contributed by atoms with E-state index in [-0.39, 0.29) is 12.4 Å². The van der Waals surface area contributed by atoms with Gasteiger partial charge in [0.05, 0.1) is 12.3 Å². The molecule has 90 valence electrons. The van der Waals surface area contributed by atoms with E-state index in [4.69, 9.17) is 10.8 Å². The summed E-state index contributed by atoms with van der Waals surface area (Å²) in [7, 11) is 1.98. The van der Waals surface area contributed by atoms with Crippen LogP contribution in [-0.2, 0) is 6.42 Å². The highest BCUT2D eigenvalue weighted by molar-refractivity contribution is 5.53. The Kier molecular flexibility index (Phi) is 4.58. The molecule has 4 N–H and O–H groups in total. The lowest BCUT2D eigenvalue weighted by Gasteiger charge is -2.23. The Balaban J connectivity index is 2.62. The Labute approximate surface area is 96.3 Å². The zero-order valence-corrected chi connectivity index (χ0v) is 9.85. The van der Waals surface area contributed by atoms with Gasteiger partial charge >= 0.3 is 0 Å². The lowest BCUT2D eigenvalue weighted by atomic mass is 10.1. The largest absolute Gasteiger partial charge is 0.506 e. The number of phenols is 1. The molecule has 0 saturated carbocycles. The maximum atomic E-state index is 9.30. The number of anilines is 1. The second-order valence-corrected chi connectivity index (χ2v) is 4.15. The van der Waals surface area contributed by atoms with Crippen LogP contribution < -0.4 is 5.73 Å². The summed E-state index contributed by atoms with van der Waals surface area (Å²) < 4.78 is 0. The molecule has 1 unspecified atom stereocenters. The Bertz CT molecular complexity index is 342. The van der Waals surface area contributed by atoms with Crippen LogP contribution in [0.5, 0.6) is 5.75 Å². The summed E-state index contributed by atoms with van der Waals surface area (Å²) in [5, 5.41) is 18.1. The van der Waals surface area contributed by atoms with Gasteiger partial charge in [-0.3, -0.25) is 0 Å². The maximum absolute atomic E-state index is 9.30. The van der Waals surface area contributed by atoms with Gasteiger partial charge in [0.2, 0.25) is 0 Å². The zero-order valence-electron chi connectivity index (χ0n) is 9.85. The summed E-state index contributed by atoms with van der Waals surface area (Å²) in [5.41, 5.74) is 7.13. The van der Waals surface area contributed by atoms with Gasteiger partial charge in [0, 0.05) is 12.6 Å². The molecule has 0 saturated heterocycles. The first-order valence-corrected chi connectivity index (χ1v) is 5.43. The third-order valence-electron chi connectivity index (χ3n) is 2.83. The van der Waals surface area contributed by atoms with Crippen molar-refractivity contribution >= 4 is 5.69 Å². The fourth-order valence-electron chi connectivity index (χ4n) is 1.61. The Hall–Kier alpha value is -1.26. The van der Waals surface area contributed by atoms with Gasteiger partial charge in [0.25, 0.3) is 0 Å². The summed E-state index contributed by atoms with van der Waals surface area (Å²) >= 11 is 0. The number of nitrogen functional groups attached to an aromatic ring is 1. The monoisotopic (exact) mass is 224 g/mol. The number of hydrogen-bond donors (Lipinski definition) is 3. The topological polar surface area (TPSA) is 69.7 Å². The van der Waals surface area contributed by atoms with Gasteiger partial charge in [-0.1, -0.05) is 6.07 Å². The molecular formula is C12H20N2O2. The number of nitrogens with zero attached hydrogens (tertiary/aromatic N) is 1. The molecule has 0 aliphatic carbocycles. The van der Waals surface area contributed by atoms with Crippen LogP contribution in [0, 0.1) is 0 Å². The first-order valence-electron chi connectivity index (χ1n) is 5.43. The standard InChI is InChI=1S/C12H20N2O2/c1-9(14(2)5-6-15)7-10-3-4-12(16)11(13)8-10/h3-4,8-9,15-16H,5-7,13H2,1-2H3. The highest BCUT2D eigenvalue weighted by atomic mass is 16.3. The van der Waals surface area contributed by atoms with Gasteiger partial charge in [-0.2, -0.15) is 0 Å². The van der Waals surface area contributed by atoms with Crippen molar-refractivity contribution in [1.82, 2.24) is 4.90 Å². The van der Waals surface area contributed by atoms with Crippen molar-refractivity contribution in [1.29, 1.82) is 0 Å². The molecule has 16 heavy (non-hydrogen) atoms. The lowest BCUT2D eigenvalue weighted by Crippen LogP contribution is -2.33. The van der Waals surface area contributed by atoms with E-state index in [1.165, 1.54) is 0 Å². The molecule has 1 atom stereocenters. The zero-order chi connectivity index (χ0) is 12.1. The molecule has 0 heterocycles. The minimum absolute atomic E-state index is 0.125. The Morgan fingerprint density at radius 1 is 1.44 bits per heavy atom. The summed E-state index contributed by atoms with van der Waals surface area (Å²) in [6, 6.07) is 5.60. The average Bonchev–Trinajstić information content (AvgIpc) is 2.24. The number of aliphatic hydroxyl groups is 1. The van der Waals surface area contributed by atoms with Crippen molar-refractivity contribution in [2.45, 2.75) is 19.4 Å². The first-order chi connectivity index (χ1) is 7.54. The summed E-state index contributed by atoms with van der Waals surface area (Å²) in [6.45, 7) is 2.92. The smallest absolute Gasteiger partial charge is 0.138 e. The highest BCUT2D eigenvalue weighted by Crippen LogP contribution is 2.21. The number of aliphatic hydroxyl groups excluding tert-OH is 1.